The average Bonchev–Trinajstić information content (AvgIpc) is 2.64. The first-order chi connectivity index (χ1) is 13.2. The molecule has 0 N–H and O–H groups in total. The van der Waals surface area contributed by atoms with Crippen LogP contribution in [0.1, 0.15) is 52.7 Å². The Morgan fingerprint density at radius 2 is 0.786 bits per heavy atom. The molecule has 4 rings (SSSR count). The van der Waals surface area contributed by atoms with Crippen LogP contribution in [0.3, 0.4) is 0 Å². The van der Waals surface area contributed by atoms with Crippen molar-refractivity contribution in [3.8, 4) is 11.1 Å². The Morgan fingerprint density at radius 3 is 1.14 bits per heavy atom. The van der Waals surface area contributed by atoms with Crippen LogP contribution < -0.4 is 0 Å². The van der Waals surface area contributed by atoms with Gasteiger partial charge >= 0.3 is 0 Å². The summed E-state index contributed by atoms with van der Waals surface area (Å²) in [7, 11) is 0. The van der Waals surface area contributed by atoms with Crippen molar-refractivity contribution in [1.29, 1.82) is 0 Å². The SMILES string of the molecule is CC(C)(C)c1ccc2ccccc2c1-c1c(C(C)(C)C)ccc2ccccc12. The van der Waals surface area contributed by atoms with Gasteiger partial charge in [-0.15, -0.1) is 0 Å². The van der Waals surface area contributed by atoms with E-state index < -0.39 is 0 Å². The highest BCUT2D eigenvalue weighted by Crippen LogP contribution is 2.45. The fourth-order valence-corrected chi connectivity index (χ4v) is 4.33. The topological polar surface area (TPSA) is 0 Å². The van der Waals surface area contributed by atoms with Gasteiger partial charge in [0.05, 0.1) is 0 Å². The molecule has 0 atom stereocenters. The van der Waals surface area contributed by atoms with E-state index in [0.717, 1.165) is 0 Å². The molecular formula is C28H30. The van der Waals surface area contributed by atoms with Gasteiger partial charge in [0.1, 0.15) is 0 Å². The molecule has 28 heavy (non-hydrogen) atoms. The molecule has 0 aliphatic heterocycles. The second-order valence-electron chi connectivity index (χ2n) is 9.92. The Labute approximate surface area is 169 Å². The first-order valence-corrected chi connectivity index (χ1v) is 10.2. The van der Waals surface area contributed by atoms with Crippen LogP contribution in [0.4, 0.5) is 0 Å². The van der Waals surface area contributed by atoms with E-state index >= 15 is 0 Å². The minimum atomic E-state index is 0.0610. The molecule has 0 unspecified atom stereocenters. The zero-order valence-corrected chi connectivity index (χ0v) is 17.9. The molecule has 4 aromatic rings. The average molecular weight is 367 g/mol. The second kappa shape index (κ2) is 6.48. The van der Waals surface area contributed by atoms with E-state index in [4.69, 9.17) is 0 Å². The number of benzene rings is 4. The maximum Gasteiger partial charge on any atom is -0.00587 e. The van der Waals surface area contributed by atoms with E-state index in [0.29, 0.717) is 0 Å². The van der Waals surface area contributed by atoms with Gasteiger partial charge in [0.25, 0.3) is 0 Å². The largest absolute Gasteiger partial charge is 0.0616 e. The highest BCUT2D eigenvalue weighted by Gasteiger charge is 2.27. The van der Waals surface area contributed by atoms with Crippen LogP contribution >= 0.6 is 0 Å². The molecule has 142 valence electrons. The number of fused-ring (bicyclic) bond motifs is 2. The molecule has 4 aromatic carbocycles. The summed E-state index contributed by atoms with van der Waals surface area (Å²) in [6.45, 7) is 13.9. The summed E-state index contributed by atoms with van der Waals surface area (Å²) in [6, 6.07) is 26.9. The van der Waals surface area contributed by atoms with Crippen molar-refractivity contribution in [1.82, 2.24) is 0 Å². The molecule has 0 bridgehead atoms. The summed E-state index contributed by atoms with van der Waals surface area (Å²) in [6.07, 6.45) is 0. The molecule has 0 fully saturated rings. The highest BCUT2D eigenvalue weighted by atomic mass is 14.3. The molecule has 0 amide bonds. The Balaban J connectivity index is 2.27. The summed E-state index contributed by atoms with van der Waals surface area (Å²) < 4.78 is 0. The molecule has 0 spiro atoms. The normalized spacial score (nSPS) is 12.6. The van der Waals surface area contributed by atoms with E-state index in [1.54, 1.807) is 0 Å². The molecule has 0 aliphatic rings. The molecule has 0 heterocycles. The number of hydrogen-bond acceptors (Lipinski definition) is 0. The standard InChI is InChI=1S/C28H30/c1-27(2,3)23-17-15-19-11-7-9-13-21(19)25(23)26-22-14-10-8-12-20(22)16-18-24(26)28(4,5)6/h7-18H,1-6H3. The predicted molar refractivity (Wildman–Crippen MR) is 124 cm³/mol. The Kier molecular flexibility index (Phi) is 4.34. The number of rotatable bonds is 1. The molecule has 0 saturated carbocycles. The first-order valence-electron chi connectivity index (χ1n) is 10.2. The molecule has 0 heteroatoms. The van der Waals surface area contributed by atoms with Gasteiger partial charge in [0.2, 0.25) is 0 Å². The zero-order chi connectivity index (χ0) is 20.1. The highest BCUT2D eigenvalue weighted by molar-refractivity contribution is 6.08. The fourth-order valence-electron chi connectivity index (χ4n) is 4.33. The summed E-state index contributed by atoms with van der Waals surface area (Å²) in [5.74, 6) is 0. The summed E-state index contributed by atoms with van der Waals surface area (Å²) in [5, 5.41) is 5.30. The van der Waals surface area contributed by atoms with Crippen molar-refractivity contribution in [2.75, 3.05) is 0 Å². The van der Waals surface area contributed by atoms with E-state index in [-0.39, 0.29) is 10.8 Å². The molecular weight excluding hydrogens is 336 g/mol. The molecule has 0 aromatic heterocycles. The second-order valence-corrected chi connectivity index (χ2v) is 9.92. The monoisotopic (exact) mass is 366 g/mol. The summed E-state index contributed by atoms with van der Waals surface area (Å²) >= 11 is 0. The van der Waals surface area contributed by atoms with Crippen molar-refractivity contribution in [3.05, 3.63) is 83.9 Å². The van der Waals surface area contributed by atoms with Gasteiger partial charge in [-0.1, -0.05) is 114 Å². The molecule has 0 radical (unpaired) electrons. The van der Waals surface area contributed by atoms with Crippen LogP contribution in [0.5, 0.6) is 0 Å². The van der Waals surface area contributed by atoms with Crippen molar-refractivity contribution < 1.29 is 0 Å². The van der Waals surface area contributed by atoms with Crippen molar-refractivity contribution in [2.24, 2.45) is 0 Å². The van der Waals surface area contributed by atoms with Crippen LogP contribution in [0, 0.1) is 0 Å². The minimum absolute atomic E-state index is 0.0610. The minimum Gasteiger partial charge on any atom is -0.0616 e. The Hall–Kier alpha value is -2.60. The first kappa shape index (κ1) is 18.7. The predicted octanol–water partition coefficient (Wildman–Crippen LogP) is 8.26. The lowest BCUT2D eigenvalue weighted by Crippen LogP contribution is -2.17. The van der Waals surface area contributed by atoms with Crippen LogP contribution in [-0.2, 0) is 10.8 Å². The summed E-state index contributed by atoms with van der Waals surface area (Å²) in [5.41, 5.74) is 5.73. The van der Waals surface area contributed by atoms with Crippen molar-refractivity contribution >= 4 is 21.5 Å². The zero-order valence-electron chi connectivity index (χ0n) is 17.9. The van der Waals surface area contributed by atoms with E-state index in [1.165, 1.54) is 43.8 Å². The smallest absolute Gasteiger partial charge is 0.00587 e. The third-order valence-corrected chi connectivity index (χ3v) is 5.72. The summed E-state index contributed by atoms with van der Waals surface area (Å²) in [4.78, 5) is 0. The van der Waals surface area contributed by atoms with Gasteiger partial charge in [-0.05, 0) is 54.6 Å². The third-order valence-electron chi connectivity index (χ3n) is 5.72. The van der Waals surface area contributed by atoms with E-state index in [1.807, 2.05) is 0 Å². The number of hydrogen-bond donors (Lipinski definition) is 0. The fraction of sp³-hybridized carbons (Fsp3) is 0.286. The van der Waals surface area contributed by atoms with Gasteiger partial charge in [-0.25, -0.2) is 0 Å². The maximum atomic E-state index is 2.34. The van der Waals surface area contributed by atoms with Gasteiger partial charge in [0.15, 0.2) is 0 Å². The maximum absolute atomic E-state index is 2.34. The lowest BCUT2D eigenvalue weighted by atomic mass is 9.74. The van der Waals surface area contributed by atoms with Gasteiger partial charge in [-0.2, -0.15) is 0 Å². The van der Waals surface area contributed by atoms with Gasteiger partial charge < -0.3 is 0 Å². The van der Waals surface area contributed by atoms with E-state index in [2.05, 4.69) is 114 Å². The van der Waals surface area contributed by atoms with Crippen LogP contribution in [0.25, 0.3) is 32.7 Å². The lowest BCUT2D eigenvalue weighted by Gasteiger charge is -2.30. The quantitative estimate of drug-likeness (QED) is 0.318. The van der Waals surface area contributed by atoms with E-state index in [9.17, 15) is 0 Å². The van der Waals surface area contributed by atoms with Crippen LogP contribution in [0.15, 0.2) is 72.8 Å². The van der Waals surface area contributed by atoms with Crippen molar-refractivity contribution in [2.45, 2.75) is 52.4 Å². The van der Waals surface area contributed by atoms with Crippen LogP contribution in [-0.4, -0.2) is 0 Å². The van der Waals surface area contributed by atoms with Crippen LogP contribution in [0.2, 0.25) is 0 Å². The molecule has 0 aliphatic carbocycles. The van der Waals surface area contributed by atoms with Gasteiger partial charge in [-0.3, -0.25) is 0 Å². The van der Waals surface area contributed by atoms with Gasteiger partial charge in [0, 0.05) is 0 Å². The molecule has 0 saturated heterocycles. The lowest BCUT2D eigenvalue weighted by molar-refractivity contribution is 0.586. The Morgan fingerprint density at radius 1 is 0.429 bits per heavy atom. The van der Waals surface area contributed by atoms with Crippen molar-refractivity contribution in [3.63, 3.8) is 0 Å². The Bertz CT molecular complexity index is 1070. The molecule has 0 nitrogen and oxygen atoms in total. The third kappa shape index (κ3) is 3.11.